The van der Waals surface area contributed by atoms with Crippen molar-refractivity contribution in [2.75, 3.05) is 0 Å². The minimum Gasteiger partial charge on any atom is -0.365 e. The molecule has 134 valence electrons. The second-order valence-corrected chi connectivity index (χ2v) is 7.12. The Balaban J connectivity index is 1.92. The molecule has 0 atom stereocenters. The highest BCUT2D eigenvalue weighted by molar-refractivity contribution is 6.00. The molecule has 1 aliphatic carbocycles. The van der Waals surface area contributed by atoms with Crippen LogP contribution in [0.5, 0.6) is 0 Å². The minimum absolute atomic E-state index is 0.0297. The zero-order valence-electron chi connectivity index (χ0n) is 15.5. The normalized spacial score (nSPS) is 15.7. The minimum atomic E-state index is -0.700. The van der Waals surface area contributed by atoms with Crippen LogP contribution in [0.15, 0.2) is 35.9 Å². The molecule has 1 aromatic carbocycles. The van der Waals surface area contributed by atoms with E-state index in [0.717, 1.165) is 22.6 Å². The number of carbonyl (C=O) groups excluding carboxylic acids is 1. The number of rotatable bonds is 4. The summed E-state index contributed by atoms with van der Waals surface area (Å²) in [6.07, 6.45) is 8.18. The van der Waals surface area contributed by atoms with Crippen LogP contribution in [0, 0.1) is 25.2 Å². The summed E-state index contributed by atoms with van der Waals surface area (Å²) < 4.78 is 2.15. The van der Waals surface area contributed by atoms with Crippen LogP contribution in [0.25, 0.3) is 11.8 Å². The molecular weight excluding hydrogens is 322 g/mol. The van der Waals surface area contributed by atoms with Crippen LogP contribution in [-0.4, -0.2) is 10.5 Å². The van der Waals surface area contributed by atoms with E-state index in [2.05, 4.69) is 28.8 Å². The van der Waals surface area contributed by atoms with Gasteiger partial charge in [-0.15, -0.1) is 0 Å². The van der Waals surface area contributed by atoms with Crippen molar-refractivity contribution in [3.05, 3.63) is 58.4 Å². The predicted octanol–water partition coefficient (Wildman–Crippen LogP) is 4.53. The molecule has 1 amide bonds. The molecule has 0 spiro atoms. The van der Waals surface area contributed by atoms with Crippen molar-refractivity contribution in [2.24, 2.45) is 5.73 Å². The van der Waals surface area contributed by atoms with Crippen LogP contribution in [0.3, 0.4) is 0 Å². The predicted molar refractivity (Wildman–Crippen MR) is 104 cm³/mol. The fraction of sp³-hybridized carbons (Fsp3) is 0.364. The lowest BCUT2D eigenvalue weighted by molar-refractivity contribution is -0.114. The zero-order valence-corrected chi connectivity index (χ0v) is 15.5. The van der Waals surface area contributed by atoms with Gasteiger partial charge < -0.3 is 10.3 Å². The first-order chi connectivity index (χ1) is 12.5. The molecule has 0 unspecified atom stereocenters. The fourth-order valence-electron chi connectivity index (χ4n) is 3.98. The molecule has 1 saturated carbocycles. The Kier molecular flexibility index (Phi) is 5.27. The maximum atomic E-state index is 11.3. The number of hydrogen-bond donors (Lipinski definition) is 1. The second kappa shape index (κ2) is 7.61. The Morgan fingerprint density at radius 1 is 1.19 bits per heavy atom. The summed E-state index contributed by atoms with van der Waals surface area (Å²) in [7, 11) is 0. The molecule has 0 bridgehead atoms. The third kappa shape index (κ3) is 3.57. The number of nitriles is 1. The summed E-state index contributed by atoms with van der Waals surface area (Å²) in [6.45, 7) is 4.01. The second-order valence-electron chi connectivity index (χ2n) is 7.12. The van der Waals surface area contributed by atoms with Gasteiger partial charge in [-0.1, -0.05) is 31.4 Å². The van der Waals surface area contributed by atoms with Crippen LogP contribution >= 0.6 is 0 Å². The third-order valence-corrected chi connectivity index (χ3v) is 5.38. The van der Waals surface area contributed by atoms with E-state index < -0.39 is 5.91 Å². The molecule has 0 radical (unpaired) electrons. The quantitative estimate of drug-likeness (QED) is 0.652. The van der Waals surface area contributed by atoms with Crippen molar-refractivity contribution in [2.45, 2.75) is 51.9 Å². The van der Waals surface area contributed by atoms with Crippen molar-refractivity contribution < 1.29 is 4.79 Å². The van der Waals surface area contributed by atoms with Crippen LogP contribution in [-0.2, 0) is 4.79 Å². The van der Waals surface area contributed by atoms with Gasteiger partial charge in [-0.3, -0.25) is 4.79 Å². The molecule has 0 aliphatic heterocycles. The first-order valence-electron chi connectivity index (χ1n) is 9.22. The molecule has 1 fully saturated rings. The molecule has 4 nitrogen and oxygen atoms in total. The number of nitrogens with zero attached hydrogens (tertiary/aromatic N) is 2. The van der Waals surface area contributed by atoms with Crippen LogP contribution < -0.4 is 5.73 Å². The van der Waals surface area contributed by atoms with Gasteiger partial charge >= 0.3 is 0 Å². The van der Waals surface area contributed by atoms with Gasteiger partial charge in [0.15, 0.2) is 0 Å². The van der Waals surface area contributed by atoms with Gasteiger partial charge in [0.25, 0.3) is 5.91 Å². The van der Waals surface area contributed by atoms with Gasteiger partial charge in [0.05, 0.1) is 0 Å². The smallest absolute Gasteiger partial charge is 0.259 e. The number of carbonyl (C=O) groups is 1. The lowest BCUT2D eigenvalue weighted by Crippen LogP contribution is -2.12. The van der Waals surface area contributed by atoms with Crippen LogP contribution in [0.4, 0.5) is 0 Å². The average Bonchev–Trinajstić information content (AvgIpc) is 2.93. The van der Waals surface area contributed by atoms with Gasteiger partial charge in [0, 0.05) is 17.1 Å². The summed E-state index contributed by atoms with van der Waals surface area (Å²) in [5, 5.41) is 9.07. The van der Waals surface area contributed by atoms with Crippen molar-refractivity contribution in [3.63, 3.8) is 0 Å². The first-order valence-corrected chi connectivity index (χ1v) is 9.22. The zero-order chi connectivity index (χ0) is 18.7. The topological polar surface area (TPSA) is 71.8 Å². The summed E-state index contributed by atoms with van der Waals surface area (Å²) in [4.78, 5) is 11.3. The lowest BCUT2D eigenvalue weighted by atomic mass is 9.84. The van der Waals surface area contributed by atoms with Crippen molar-refractivity contribution in [3.8, 4) is 11.8 Å². The lowest BCUT2D eigenvalue weighted by Gasteiger charge is -2.22. The molecule has 1 aromatic heterocycles. The van der Waals surface area contributed by atoms with Crippen molar-refractivity contribution in [1.29, 1.82) is 5.26 Å². The summed E-state index contributed by atoms with van der Waals surface area (Å²) in [5.41, 5.74) is 10.6. The molecule has 3 rings (SSSR count). The Bertz CT molecular complexity index is 875. The summed E-state index contributed by atoms with van der Waals surface area (Å²) in [5.74, 6) is -0.00829. The van der Waals surface area contributed by atoms with E-state index in [4.69, 9.17) is 11.0 Å². The Morgan fingerprint density at radius 3 is 2.42 bits per heavy atom. The molecule has 2 N–H and O–H groups in total. The molecule has 26 heavy (non-hydrogen) atoms. The number of amides is 1. The van der Waals surface area contributed by atoms with E-state index in [9.17, 15) is 4.79 Å². The average molecular weight is 347 g/mol. The van der Waals surface area contributed by atoms with E-state index in [1.165, 1.54) is 37.7 Å². The number of hydrogen-bond acceptors (Lipinski definition) is 2. The third-order valence-electron chi connectivity index (χ3n) is 5.38. The van der Waals surface area contributed by atoms with E-state index in [-0.39, 0.29) is 5.57 Å². The molecule has 2 aromatic rings. The van der Waals surface area contributed by atoms with Gasteiger partial charge in [0.1, 0.15) is 11.6 Å². The van der Waals surface area contributed by atoms with Crippen LogP contribution in [0.2, 0.25) is 0 Å². The maximum Gasteiger partial charge on any atom is 0.259 e. The van der Waals surface area contributed by atoms with Gasteiger partial charge in [-0.05, 0) is 68.0 Å². The van der Waals surface area contributed by atoms with E-state index in [1.807, 2.05) is 26.0 Å². The van der Waals surface area contributed by atoms with E-state index >= 15 is 0 Å². The molecule has 1 aliphatic rings. The standard InChI is InChI=1S/C22H25N3O/c1-15-12-19(13-20(14-23)22(24)26)16(2)25(15)21-10-8-18(9-11-21)17-6-4-3-5-7-17/h8-13,17H,3-7H2,1-2H3,(H2,24,26). The highest BCUT2D eigenvalue weighted by atomic mass is 16.1. The molecule has 4 heteroatoms. The molecule has 1 heterocycles. The number of aryl methyl sites for hydroxylation is 1. The SMILES string of the molecule is Cc1cc(C=C(C#N)C(N)=O)c(C)n1-c1ccc(C2CCCCC2)cc1. The number of aromatic nitrogens is 1. The van der Waals surface area contributed by atoms with Gasteiger partial charge in [0.2, 0.25) is 0 Å². The monoisotopic (exact) mass is 347 g/mol. The van der Waals surface area contributed by atoms with E-state index in [0.29, 0.717) is 5.92 Å². The van der Waals surface area contributed by atoms with Crippen molar-refractivity contribution >= 4 is 12.0 Å². The highest BCUT2D eigenvalue weighted by Gasteiger charge is 2.16. The van der Waals surface area contributed by atoms with Gasteiger partial charge in [-0.25, -0.2) is 0 Å². The Morgan fingerprint density at radius 2 is 1.85 bits per heavy atom. The van der Waals surface area contributed by atoms with Crippen molar-refractivity contribution in [1.82, 2.24) is 4.57 Å². The Hall–Kier alpha value is -2.80. The summed E-state index contributed by atoms with van der Waals surface area (Å²) >= 11 is 0. The van der Waals surface area contributed by atoms with E-state index in [1.54, 1.807) is 6.08 Å². The highest BCUT2D eigenvalue weighted by Crippen LogP contribution is 2.33. The largest absolute Gasteiger partial charge is 0.365 e. The number of primary amides is 1. The fourth-order valence-corrected chi connectivity index (χ4v) is 3.98. The Labute approximate surface area is 154 Å². The first kappa shape index (κ1) is 18.0. The maximum absolute atomic E-state index is 11.3. The summed E-state index contributed by atoms with van der Waals surface area (Å²) in [6, 6.07) is 12.7. The van der Waals surface area contributed by atoms with Gasteiger partial charge in [-0.2, -0.15) is 5.26 Å². The molecular formula is C22H25N3O. The van der Waals surface area contributed by atoms with Crippen LogP contribution in [0.1, 0.15) is 60.5 Å². The molecule has 0 saturated heterocycles. The number of benzene rings is 1. The number of nitrogens with two attached hydrogens (primary N) is 1.